The van der Waals surface area contributed by atoms with Crippen LogP contribution in [0.4, 0.5) is 5.69 Å². The molecule has 86 valence electrons. The lowest BCUT2D eigenvalue weighted by Crippen LogP contribution is -2.26. The number of anilines is 1. The van der Waals surface area contributed by atoms with Crippen molar-refractivity contribution < 1.29 is 4.79 Å². The van der Waals surface area contributed by atoms with E-state index in [2.05, 4.69) is 0 Å². The molecule has 2 N–H and O–H groups in total. The van der Waals surface area contributed by atoms with E-state index >= 15 is 0 Å². The zero-order chi connectivity index (χ0) is 11.7. The quantitative estimate of drug-likeness (QED) is 0.885. The topological polar surface area (TPSA) is 46.3 Å². The van der Waals surface area contributed by atoms with Gasteiger partial charge in [0.05, 0.1) is 15.7 Å². The predicted octanol–water partition coefficient (Wildman–Crippen LogP) is 2.31. The van der Waals surface area contributed by atoms with Gasteiger partial charge in [-0.05, 0) is 24.6 Å². The maximum Gasteiger partial charge on any atom is 0.227 e. The standard InChI is InChI=1S/C11H12Cl2N2O/c12-8-2-1-3-9(13)11(8)15-6-7(5-14)4-10(15)16/h1-3,7H,4-6,14H2. The molecule has 1 fully saturated rings. The van der Waals surface area contributed by atoms with E-state index in [-0.39, 0.29) is 11.8 Å². The van der Waals surface area contributed by atoms with Crippen molar-refractivity contribution in [3.63, 3.8) is 0 Å². The zero-order valence-electron chi connectivity index (χ0n) is 8.62. The summed E-state index contributed by atoms with van der Waals surface area (Å²) in [4.78, 5) is 13.4. The molecule has 0 aromatic heterocycles. The van der Waals surface area contributed by atoms with Crippen LogP contribution >= 0.6 is 23.2 Å². The molecule has 1 heterocycles. The SMILES string of the molecule is NCC1CC(=O)N(c2c(Cl)cccc2Cl)C1. The van der Waals surface area contributed by atoms with E-state index in [0.29, 0.717) is 35.2 Å². The molecule has 1 aliphatic heterocycles. The van der Waals surface area contributed by atoms with Crippen LogP contribution in [0.3, 0.4) is 0 Å². The molecule has 0 radical (unpaired) electrons. The second kappa shape index (κ2) is 4.62. The molecular weight excluding hydrogens is 247 g/mol. The van der Waals surface area contributed by atoms with Gasteiger partial charge in [0.25, 0.3) is 0 Å². The minimum absolute atomic E-state index is 0.0328. The lowest BCUT2D eigenvalue weighted by atomic mass is 10.1. The minimum Gasteiger partial charge on any atom is -0.330 e. The summed E-state index contributed by atoms with van der Waals surface area (Å²) in [5.74, 6) is 0.227. The third-order valence-electron chi connectivity index (χ3n) is 2.75. The minimum atomic E-state index is 0.0328. The first-order valence-corrected chi connectivity index (χ1v) is 5.83. The number of benzene rings is 1. The molecule has 5 heteroatoms. The van der Waals surface area contributed by atoms with Crippen LogP contribution in [-0.4, -0.2) is 19.0 Å². The zero-order valence-corrected chi connectivity index (χ0v) is 10.1. The number of hydrogen-bond donors (Lipinski definition) is 1. The summed E-state index contributed by atoms with van der Waals surface area (Å²) >= 11 is 12.1. The Morgan fingerprint density at radius 1 is 1.38 bits per heavy atom. The van der Waals surface area contributed by atoms with Gasteiger partial charge in [0.2, 0.25) is 5.91 Å². The van der Waals surface area contributed by atoms with Gasteiger partial charge in [-0.3, -0.25) is 4.79 Å². The van der Waals surface area contributed by atoms with E-state index in [1.165, 1.54) is 0 Å². The van der Waals surface area contributed by atoms with Gasteiger partial charge >= 0.3 is 0 Å². The maximum absolute atomic E-state index is 11.8. The number of carbonyl (C=O) groups excluding carboxylic acids is 1. The molecule has 1 saturated heterocycles. The Labute approximate surface area is 104 Å². The monoisotopic (exact) mass is 258 g/mol. The Hall–Kier alpha value is -0.770. The molecule has 1 amide bonds. The van der Waals surface area contributed by atoms with Gasteiger partial charge in [0.15, 0.2) is 0 Å². The Balaban J connectivity index is 2.35. The summed E-state index contributed by atoms with van der Waals surface area (Å²) < 4.78 is 0. The summed E-state index contributed by atoms with van der Waals surface area (Å²) in [5.41, 5.74) is 6.17. The second-order valence-electron chi connectivity index (χ2n) is 3.88. The van der Waals surface area contributed by atoms with Crippen LogP contribution in [0, 0.1) is 5.92 Å². The molecule has 0 aliphatic carbocycles. The van der Waals surface area contributed by atoms with Crippen molar-refractivity contribution in [2.75, 3.05) is 18.0 Å². The van der Waals surface area contributed by atoms with Gasteiger partial charge in [0, 0.05) is 13.0 Å². The third kappa shape index (κ3) is 2.03. The molecule has 3 nitrogen and oxygen atoms in total. The number of amides is 1. The molecule has 2 rings (SSSR count). The van der Waals surface area contributed by atoms with Crippen LogP contribution < -0.4 is 10.6 Å². The lowest BCUT2D eigenvalue weighted by Gasteiger charge is -2.19. The number of carbonyl (C=O) groups is 1. The van der Waals surface area contributed by atoms with Crippen molar-refractivity contribution in [2.24, 2.45) is 11.7 Å². The number of hydrogen-bond acceptors (Lipinski definition) is 2. The first-order chi connectivity index (χ1) is 7.63. The summed E-state index contributed by atoms with van der Waals surface area (Å²) in [5, 5.41) is 0.997. The highest BCUT2D eigenvalue weighted by Crippen LogP contribution is 2.36. The Morgan fingerprint density at radius 3 is 2.50 bits per heavy atom. The van der Waals surface area contributed by atoms with Gasteiger partial charge in [-0.1, -0.05) is 29.3 Å². The van der Waals surface area contributed by atoms with Crippen LogP contribution in [-0.2, 0) is 4.79 Å². The van der Waals surface area contributed by atoms with Gasteiger partial charge < -0.3 is 10.6 Å². The summed E-state index contributed by atoms with van der Waals surface area (Å²) in [6, 6.07) is 5.22. The predicted molar refractivity (Wildman–Crippen MR) is 66.0 cm³/mol. The molecule has 1 aromatic rings. The number of halogens is 2. The van der Waals surface area contributed by atoms with Crippen molar-refractivity contribution in [1.29, 1.82) is 0 Å². The first kappa shape index (κ1) is 11.7. The fraction of sp³-hybridized carbons (Fsp3) is 0.364. The van der Waals surface area contributed by atoms with E-state index in [1.54, 1.807) is 23.1 Å². The molecule has 1 aliphatic rings. The van der Waals surface area contributed by atoms with Gasteiger partial charge in [-0.25, -0.2) is 0 Å². The van der Waals surface area contributed by atoms with Crippen LogP contribution in [0.1, 0.15) is 6.42 Å². The molecule has 1 unspecified atom stereocenters. The smallest absolute Gasteiger partial charge is 0.227 e. The number of nitrogens with two attached hydrogens (primary N) is 1. The van der Waals surface area contributed by atoms with Crippen molar-refractivity contribution in [3.05, 3.63) is 28.2 Å². The summed E-state index contributed by atoms with van der Waals surface area (Å²) in [6.07, 6.45) is 0.470. The van der Waals surface area contributed by atoms with E-state index in [1.807, 2.05) is 0 Å². The van der Waals surface area contributed by atoms with Crippen LogP contribution in [0.25, 0.3) is 0 Å². The Kier molecular flexibility index (Phi) is 3.38. The maximum atomic E-state index is 11.8. The number of rotatable bonds is 2. The Bertz CT molecular complexity index is 402. The molecular formula is C11H12Cl2N2O. The normalized spacial score (nSPS) is 20.6. The van der Waals surface area contributed by atoms with Crippen molar-refractivity contribution >= 4 is 34.8 Å². The van der Waals surface area contributed by atoms with Crippen LogP contribution in [0.2, 0.25) is 10.0 Å². The highest BCUT2D eigenvalue weighted by molar-refractivity contribution is 6.40. The average Bonchev–Trinajstić information content (AvgIpc) is 2.60. The number of nitrogens with zero attached hydrogens (tertiary/aromatic N) is 1. The van der Waals surface area contributed by atoms with Gasteiger partial charge in [0.1, 0.15) is 0 Å². The van der Waals surface area contributed by atoms with Crippen LogP contribution in [0.15, 0.2) is 18.2 Å². The third-order valence-corrected chi connectivity index (χ3v) is 3.36. The molecule has 1 atom stereocenters. The number of para-hydroxylation sites is 1. The van der Waals surface area contributed by atoms with Crippen molar-refractivity contribution in [3.8, 4) is 0 Å². The van der Waals surface area contributed by atoms with E-state index in [9.17, 15) is 4.79 Å². The lowest BCUT2D eigenvalue weighted by molar-refractivity contribution is -0.117. The average molecular weight is 259 g/mol. The van der Waals surface area contributed by atoms with E-state index in [0.717, 1.165) is 0 Å². The van der Waals surface area contributed by atoms with Gasteiger partial charge in [-0.2, -0.15) is 0 Å². The fourth-order valence-corrected chi connectivity index (χ4v) is 2.50. The molecule has 0 saturated carbocycles. The molecule has 1 aromatic carbocycles. The summed E-state index contributed by atoms with van der Waals surface area (Å²) in [6.45, 7) is 1.10. The second-order valence-corrected chi connectivity index (χ2v) is 4.69. The van der Waals surface area contributed by atoms with E-state index in [4.69, 9.17) is 28.9 Å². The Morgan fingerprint density at radius 2 is 2.00 bits per heavy atom. The molecule has 0 bridgehead atoms. The summed E-state index contributed by atoms with van der Waals surface area (Å²) in [7, 11) is 0. The highest BCUT2D eigenvalue weighted by atomic mass is 35.5. The van der Waals surface area contributed by atoms with Crippen molar-refractivity contribution in [1.82, 2.24) is 0 Å². The molecule has 0 spiro atoms. The first-order valence-electron chi connectivity index (χ1n) is 5.08. The fourth-order valence-electron chi connectivity index (χ4n) is 1.90. The van der Waals surface area contributed by atoms with Gasteiger partial charge in [-0.15, -0.1) is 0 Å². The molecule has 16 heavy (non-hydrogen) atoms. The van der Waals surface area contributed by atoms with Crippen LogP contribution in [0.5, 0.6) is 0 Å². The highest BCUT2D eigenvalue weighted by Gasteiger charge is 2.31. The largest absolute Gasteiger partial charge is 0.330 e. The van der Waals surface area contributed by atoms with E-state index < -0.39 is 0 Å². The van der Waals surface area contributed by atoms with Crippen molar-refractivity contribution in [2.45, 2.75) is 6.42 Å².